The van der Waals surface area contributed by atoms with Gasteiger partial charge in [-0.3, -0.25) is 4.99 Å². The van der Waals surface area contributed by atoms with Crippen LogP contribution in [0.5, 0.6) is 11.5 Å². The number of ether oxygens (including phenoxy) is 2. The van der Waals surface area contributed by atoms with Crippen LogP contribution in [0.2, 0.25) is 0 Å². The van der Waals surface area contributed by atoms with Crippen molar-refractivity contribution in [3.8, 4) is 28.4 Å². The molecule has 2 aromatic heterocycles. The number of hydrogen-bond acceptors (Lipinski definition) is 4. The summed E-state index contributed by atoms with van der Waals surface area (Å²) in [4.78, 5) is 10.5. The third-order valence-electron chi connectivity index (χ3n) is 12.7. The van der Waals surface area contributed by atoms with Crippen LogP contribution < -0.4 is 4.74 Å². The van der Waals surface area contributed by atoms with Crippen molar-refractivity contribution in [3.05, 3.63) is 117 Å². The molecule has 4 aromatic carbocycles. The quantitative estimate of drug-likeness (QED) is 0.150. The van der Waals surface area contributed by atoms with Crippen LogP contribution in [0.25, 0.3) is 38.8 Å². The molecule has 0 N–H and O–H groups in total. The van der Waals surface area contributed by atoms with Crippen LogP contribution in [0.15, 0.2) is 59.7 Å². The molecule has 0 fully saturated rings. The molecule has 58 heavy (non-hydrogen) atoms. The predicted octanol–water partition coefficient (Wildman–Crippen LogP) is 13.2. The molecule has 1 atom stereocenters. The van der Waals surface area contributed by atoms with E-state index in [2.05, 4.69) is 169 Å². The molecule has 0 amide bonds. The van der Waals surface area contributed by atoms with Gasteiger partial charge >= 0.3 is 21.1 Å². The molecule has 0 aliphatic carbocycles. The molecule has 0 unspecified atom stereocenters. The maximum atomic E-state index is 6.97. The second-order valence-corrected chi connectivity index (χ2v) is 19.7. The molecular formula is C52H59N3O2Pt. The van der Waals surface area contributed by atoms with Crippen LogP contribution in [0.3, 0.4) is 0 Å². The average Bonchev–Trinajstić information content (AvgIpc) is 3.64. The Balaban J connectivity index is 0.00000512. The van der Waals surface area contributed by atoms with Crippen LogP contribution in [0.4, 0.5) is 0 Å². The Bertz CT molecular complexity index is 2620. The molecule has 2 aliphatic heterocycles. The molecule has 0 saturated heterocycles. The Morgan fingerprint density at radius 3 is 2.09 bits per heavy atom. The molecule has 2 aliphatic rings. The standard InChI is InChI=1S/C52H59N3O2.Pt/c1-28(2)46(29(3)4)52(15)27-56-49(54-52)36-20-35(45-33(8)16-30(5)17-34(45)9)21-38(22-36)57-44-25-43-39(19-32(44)7)40-23-37(50(10,11)12)24-41-47(40)55(43)48-42(51(41,13)14)18-31(6)26-53-48;/h16-21,23-24,26,28-29,46H,27H2,1-15H3;/q-2;+2/t52-;/m0./s1. The van der Waals surface area contributed by atoms with E-state index in [0.29, 0.717) is 41.8 Å². The molecule has 4 heterocycles. The first-order valence-electron chi connectivity index (χ1n) is 20.8. The van der Waals surface area contributed by atoms with E-state index in [1.165, 1.54) is 49.8 Å². The average molecular weight is 953 g/mol. The Kier molecular flexibility index (Phi) is 10.5. The summed E-state index contributed by atoms with van der Waals surface area (Å²) in [5, 5.41) is 2.37. The fourth-order valence-corrected chi connectivity index (χ4v) is 10.4. The summed E-state index contributed by atoms with van der Waals surface area (Å²) in [5.41, 5.74) is 14.3. The molecule has 5 nitrogen and oxygen atoms in total. The second-order valence-electron chi connectivity index (χ2n) is 19.7. The number of hydrogen-bond donors (Lipinski definition) is 0. The van der Waals surface area contributed by atoms with Crippen molar-refractivity contribution in [2.45, 2.75) is 120 Å². The van der Waals surface area contributed by atoms with Crippen LogP contribution >= 0.6 is 0 Å². The summed E-state index contributed by atoms with van der Waals surface area (Å²) >= 11 is 0. The van der Waals surface area contributed by atoms with E-state index in [-0.39, 0.29) is 37.4 Å². The second kappa shape index (κ2) is 14.5. The molecule has 0 radical (unpaired) electrons. The fourth-order valence-electron chi connectivity index (χ4n) is 10.4. The summed E-state index contributed by atoms with van der Waals surface area (Å²) < 4.78 is 15.8. The molecule has 0 bridgehead atoms. The van der Waals surface area contributed by atoms with Crippen molar-refractivity contribution < 1.29 is 30.5 Å². The number of aryl methyl sites for hydroxylation is 5. The first-order chi connectivity index (χ1) is 26.7. The third kappa shape index (κ3) is 6.84. The van der Waals surface area contributed by atoms with E-state index < -0.39 is 0 Å². The normalized spacial score (nSPS) is 17.2. The smallest absolute Gasteiger partial charge is 0.518 e. The van der Waals surface area contributed by atoms with Crippen LogP contribution in [-0.4, -0.2) is 27.6 Å². The van der Waals surface area contributed by atoms with Gasteiger partial charge in [-0.05, 0) is 103 Å². The minimum absolute atomic E-state index is 0. The Labute approximate surface area is 360 Å². The number of pyridine rings is 1. The summed E-state index contributed by atoms with van der Waals surface area (Å²) in [6.45, 7) is 34.3. The van der Waals surface area contributed by atoms with E-state index in [1.54, 1.807) is 0 Å². The van der Waals surface area contributed by atoms with Gasteiger partial charge in [-0.15, -0.1) is 23.1 Å². The van der Waals surface area contributed by atoms with E-state index in [9.17, 15) is 0 Å². The van der Waals surface area contributed by atoms with Gasteiger partial charge in [-0.2, -0.15) is 6.07 Å². The van der Waals surface area contributed by atoms with Gasteiger partial charge < -0.3 is 14.0 Å². The van der Waals surface area contributed by atoms with E-state index >= 15 is 0 Å². The van der Waals surface area contributed by atoms with Crippen molar-refractivity contribution in [1.82, 2.24) is 9.55 Å². The molecular weight excluding hydrogens is 894 g/mol. The maximum Gasteiger partial charge on any atom is 2.00 e. The monoisotopic (exact) mass is 952 g/mol. The summed E-state index contributed by atoms with van der Waals surface area (Å²) in [7, 11) is 0. The minimum Gasteiger partial charge on any atom is -0.518 e. The van der Waals surface area contributed by atoms with Gasteiger partial charge in [0.05, 0.1) is 5.54 Å². The van der Waals surface area contributed by atoms with Crippen LogP contribution in [0, 0.1) is 64.5 Å². The molecule has 8 rings (SSSR count). The topological polar surface area (TPSA) is 48.6 Å². The first kappa shape index (κ1) is 41.9. The first-order valence-corrected chi connectivity index (χ1v) is 20.8. The van der Waals surface area contributed by atoms with E-state index in [1.807, 2.05) is 6.20 Å². The van der Waals surface area contributed by atoms with Gasteiger partial charge in [0, 0.05) is 34.2 Å². The Morgan fingerprint density at radius 2 is 1.45 bits per heavy atom. The summed E-state index contributed by atoms with van der Waals surface area (Å²) in [5.74, 6) is 4.14. The van der Waals surface area contributed by atoms with Crippen molar-refractivity contribution in [2.75, 3.05) is 6.61 Å². The third-order valence-corrected chi connectivity index (χ3v) is 12.7. The number of nitrogens with zero attached hydrogens (tertiary/aromatic N) is 3. The Morgan fingerprint density at radius 1 is 0.776 bits per heavy atom. The molecule has 304 valence electrons. The SMILES string of the molecule is Cc1cc(C)c(-c2cc(Oc3[c-]c4c(cc3C)c3cc(C(C)(C)C)cc5c3n4-c3ncc(C)cc3C5(C)C)[c-]c(C3=N[C@](C)(C(C(C)C)C(C)C)CO3)c2)c(C)c1.[Pt+2]. The van der Waals surface area contributed by atoms with Crippen molar-refractivity contribution in [2.24, 2.45) is 22.7 Å². The fraction of sp³-hybridized carbons (Fsp3) is 0.423. The van der Waals surface area contributed by atoms with E-state index in [0.717, 1.165) is 39.0 Å². The molecule has 6 aromatic rings. The minimum atomic E-state index is -0.338. The van der Waals surface area contributed by atoms with Gasteiger partial charge in [0.25, 0.3) is 0 Å². The zero-order valence-corrected chi connectivity index (χ0v) is 39.4. The van der Waals surface area contributed by atoms with Crippen molar-refractivity contribution in [3.63, 3.8) is 0 Å². The number of fused-ring (bicyclic) bond motifs is 5. The summed E-state index contributed by atoms with van der Waals surface area (Å²) in [6.07, 6.45) is 1.98. The van der Waals surface area contributed by atoms with Crippen LogP contribution in [-0.2, 0) is 36.6 Å². The molecule has 0 spiro atoms. The summed E-state index contributed by atoms with van der Waals surface area (Å²) in [6, 6.07) is 25.6. The molecule has 0 saturated carbocycles. The predicted molar refractivity (Wildman–Crippen MR) is 237 cm³/mol. The number of aromatic nitrogens is 2. The maximum absolute atomic E-state index is 6.97. The largest absolute Gasteiger partial charge is 2.00 e. The van der Waals surface area contributed by atoms with Crippen LogP contribution in [0.1, 0.15) is 119 Å². The Hall–Kier alpha value is -4.21. The van der Waals surface area contributed by atoms with Crippen molar-refractivity contribution in [1.29, 1.82) is 0 Å². The number of aliphatic imine (C=N–C) groups is 1. The van der Waals surface area contributed by atoms with E-state index in [4.69, 9.17) is 19.5 Å². The number of rotatable bonds is 7. The van der Waals surface area contributed by atoms with Crippen molar-refractivity contribution >= 4 is 27.7 Å². The van der Waals surface area contributed by atoms with Gasteiger partial charge in [0.2, 0.25) is 0 Å². The zero-order chi connectivity index (χ0) is 41.1. The van der Waals surface area contributed by atoms with Gasteiger partial charge in [-0.25, -0.2) is 4.98 Å². The number of benzene rings is 4. The molecule has 6 heteroatoms. The van der Waals surface area contributed by atoms with Gasteiger partial charge in [0.15, 0.2) is 0 Å². The zero-order valence-electron chi connectivity index (χ0n) is 37.1. The van der Waals surface area contributed by atoms with Gasteiger partial charge in [0.1, 0.15) is 18.3 Å². The van der Waals surface area contributed by atoms with Gasteiger partial charge in [-0.1, -0.05) is 128 Å².